The Hall–Kier alpha value is -1.86. The molecule has 3 rings (SSSR count). The molecule has 1 aromatic carbocycles. The first-order chi connectivity index (χ1) is 11.9. The maximum absolute atomic E-state index is 12.6. The van der Waals surface area contributed by atoms with Crippen molar-refractivity contribution in [1.29, 1.82) is 0 Å². The van der Waals surface area contributed by atoms with Crippen LogP contribution in [0.15, 0.2) is 46.0 Å². The van der Waals surface area contributed by atoms with E-state index in [4.69, 9.17) is 0 Å². The molecular weight excluding hydrogens is 356 g/mol. The molecule has 1 atom stereocenters. The van der Waals surface area contributed by atoms with E-state index >= 15 is 0 Å². The smallest absolute Gasteiger partial charge is 0.273 e. The molecular formula is C18H22N2O3S2. The highest BCUT2D eigenvalue weighted by atomic mass is 32.2. The summed E-state index contributed by atoms with van der Waals surface area (Å²) in [6.45, 7) is 3.73. The van der Waals surface area contributed by atoms with Crippen molar-refractivity contribution in [3.8, 4) is 0 Å². The molecule has 25 heavy (non-hydrogen) atoms. The van der Waals surface area contributed by atoms with Gasteiger partial charge < -0.3 is 4.90 Å². The molecule has 0 radical (unpaired) electrons. The molecule has 0 saturated carbocycles. The predicted molar refractivity (Wildman–Crippen MR) is 101 cm³/mol. The number of benzene rings is 1. The third-order valence-corrected chi connectivity index (χ3v) is 7.69. The third kappa shape index (κ3) is 3.72. The summed E-state index contributed by atoms with van der Waals surface area (Å²) in [5.74, 6) is 0.543. The van der Waals surface area contributed by atoms with Gasteiger partial charge in [0, 0.05) is 25.7 Å². The number of thiophene rings is 1. The fourth-order valence-corrected chi connectivity index (χ4v) is 5.41. The Bertz CT molecular complexity index is 830. The Morgan fingerprint density at radius 3 is 2.56 bits per heavy atom. The number of nitrogens with zero attached hydrogens (tertiary/aromatic N) is 2. The van der Waals surface area contributed by atoms with Crippen molar-refractivity contribution in [2.45, 2.75) is 24.0 Å². The Balaban J connectivity index is 1.77. The predicted octanol–water partition coefficient (Wildman–Crippen LogP) is 3.45. The quantitative estimate of drug-likeness (QED) is 0.819. The normalized spacial score (nSPS) is 18.2. The van der Waals surface area contributed by atoms with Crippen molar-refractivity contribution in [3.63, 3.8) is 0 Å². The second-order valence-corrected chi connectivity index (χ2v) is 9.59. The lowest BCUT2D eigenvalue weighted by Crippen LogP contribution is -2.39. The summed E-state index contributed by atoms with van der Waals surface area (Å²) in [5.41, 5.74) is 1.14. The van der Waals surface area contributed by atoms with Crippen molar-refractivity contribution in [1.82, 2.24) is 4.90 Å². The first-order valence-corrected chi connectivity index (χ1v) is 10.6. The molecule has 1 amide bonds. The van der Waals surface area contributed by atoms with Gasteiger partial charge in [-0.1, -0.05) is 13.0 Å². The monoisotopic (exact) mass is 378 g/mol. The second-order valence-electron chi connectivity index (χ2n) is 6.45. The van der Waals surface area contributed by atoms with E-state index in [9.17, 15) is 13.2 Å². The number of likely N-dealkylation sites (tertiary alicyclic amines) is 1. The minimum absolute atomic E-state index is 0.0156. The zero-order chi connectivity index (χ0) is 18.0. The standard InChI is InChI=1S/C18H22N2O3S2/c1-14-5-3-11-20(13-14)18(21)15-7-9-16(10-8-15)19(2)25(22,23)17-6-4-12-24-17/h4,6-10,12,14H,3,5,11,13H2,1-2H3. The number of carbonyl (C=O) groups excluding carboxylic acids is 1. The minimum Gasteiger partial charge on any atom is -0.338 e. The fourth-order valence-electron chi connectivity index (χ4n) is 3.05. The number of amides is 1. The van der Waals surface area contributed by atoms with E-state index in [0.29, 0.717) is 21.4 Å². The lowest BCUT2D eigenvalue weighted by molar-refractivity contribution is 0.0683. The first-order valence-electron chi connectivity index (χ1n) is 8.31. The molecule has 0 aliphatic carbocycles. The highest BCUT2D eigenvalue weighted by molar-refractivity contribution is 7.94. The van der Waals surface area contributed by atoms with Crippen LogP contribution in [0, 0.1) is 5.92 Å². The van der Waals surface area contributed by atoms with Crippen LogP contribution in [0.3, 0.4) is 0 Å². The molecule has 2 heterocycles. The number of piperidine rings is 1. The van der Waals surface area contributed by atoms with Crippen molar-refractivity contribution < 1.29 is 13.2 Å². The van der Waals surface area contributed by atoms with Gasteiger partial charge in [0.05, 0.1) is 5.69 Å². The number of rotatable bonds is 4. The van der Waals surface area contributed by atoms with Crippen LogP contribution >= 0.6 is 11.3 Å². The number of carbonyl (C=O) groups is 1. The van der Waals surface area contributed by atoms with Crippen LogP contribution in [0.2, 0.25) is 0 Å². The molecule has 1 unspecified atom stereocenters. The molecule has 134 valence electrons. The molecule has 1 aromatic heterocycles. The number of sulfonamides is 1. The van der Waals surface area contributed by atoms with E-state index < -0.39 is 10.0 Å². The average molecular weight is 379 g/mol. The maximum atomic E-state index is 12.6. The SMILES string of the molecule is CC1CCCN(C(=O)c2ccc(N(C)S(=O)(=O)c3cccs3)cc2)C1. The molecule has 1 aliphatic rings. The molecule has 1 saturated heterocycles. The van der Waals surface area contributed by atoms with Gasteiger partial charge in [-0.25, -0.2) is 8.42 Å². The summed E-state index contributed by atoms with van der Waals surface area (Å²) in [6, 6.07) is 10.1. The molecule has 0 N–H and O–H groups in total. The number of anilines is 1. The maximum Gasteiger partial charge on any atom is 0.273 e. The van der Waals surface area contributed by atoms with Crippen LogP contribution in [0.5, 0.6) is 0 Å². The van der Waals surface area contributed by atoms with Gasteiger partial charge in [-0.3, -0.25) is 9.10 Å². The highest BCUT2D eigenvalue weighted by Gasteiger charge is 2.24. The lowest BCUT2D eigenvalue weighted by Gasteiger charge is -2.31. The summed E-state index contributed by atoms with van der Waals surface area (Å²) in [5, 5.41) is 1.74. The van der Waals surface area contributed by atoms with Gasteiger partial charge in [0.1, 0.15) is 4.21 Å². The van der Waals surface area contributed by atoms with Gasteiger partial charge in [0.15, 0.2) is 0 Å². The summed E-state index contributed by atoms with van der Waals surface area (Å²) < 4.78 is 26.7. The fraction of sp³-hybridized carbons (Fsp3) is 0.389. The molecule has 1 aliphatic heterocycles. The zero-order valence-corrected chi connectivity index (χ0v) is 16.0. The molecule has 2 aromatic rings. The van der Waals surface area contributed by atoms with Crippen LogP contribution < -0.4 is 4.31 Å². The van der Waals surface area contributed by atoms with Crippen LogP contribution in [0.4, 0.5) is 5.69 Å². The van der Waals surface area contributed by atoms with Crippen LogP contribution in [0.25, 0.3) is 0 Å². The summed E-state index contributed by atoms with van der Waals surface area (Å²) in [7, 11) is -2.03. The Morgan fingerprint density at radius 1 is 1.24 bits per heavy atom. The van der Waals surface area contributed by atoms with E-state index in [-0.39, 0.29) is 5.91 Å². The van der Waals surface area contributed by atoms with E-state index in [1.807, 2.05) is 4.90 Å². The van der Waals surface area contributed by atoms with Gasteiger partial charge in [0.2, 0.25) is 0 Å². The minimum atomic E-state index is -3.55. The molecule has 0 spiro atoms. The lowest BCUT2D eigenvalue weighted by atomic mass is 9.99. The summed E-state index contributed by atoms with van der Waals surface area (Å²) >= 11 is 1.19. The Labute approximate surface area is 152 Å². The van der Waals surface area contributed by atoms with E-state index in [0.717, 1.165) is 25.9 Å². The number of hydrogen-bond acceptors (Lipinski definition) is 4. The Kier molecular flexibility index (Phi) is 5.15. The van der Waals surface area contributed by atoms with Gasteiger partial charge in [0.25, 0.3) is 15.9 Å². The third-order valence-electron chi connectivity index (χ3n) is 4.53. The van der Waals surface area contributed by atoms with Crippen LogP contribution in [0.1, 0.15) is 30.1 Å². The van der Waals surface area contributed by atoms with Gasteiger partial charge in [-0.2, -0.15) is 0 Å². The second kappa shape index (κ2) is 7.17. The summed E-state index contributed by atoms with van der Waals surface area (Å²) in [4.78, 5) is 14.5. The molecule has 0 bridgehead atoms. The van der Waals surface area contributed by atoms with Crippen molar-refractivity contribution in [2.24, 2.45) is 5.92 Å². The molecule has 1 fully saturated rings. The Morgan fingerprint density at radius 2 is 1.96 bits per heavy atom. The average Bonchev–Trinajstić information content (AvgIpc) is 3.16. The van der Waals surface area contributed by atoms with Crippen molar-refractivity contribution >= 4 is 33.0 Å². The van der Waals surface area contributed by atoms with Gasteiger partial charge >= 0.3 is 0 Å². The topological polar surface area (TPSA) is 57.7 Å². The van der Waals surface area contributed by atoms with Crippen LogP contribution in [-0.4, -0.2) is 39.4 Å². The van der Waals surface area contributed by atoms with E-state index in [1.165, 1.54) is 22.7 Å². The first kappa shape index (κ1) is 17.9. The van der Waals surface area contributed by atoms with Gasteiger partial charge in [-0.05, 0) is 54.5 Å². The largest absolute Gasteiger partial charge is 0.338 e. The van der Waals surface area contributed by atoms with Gasteiger partial charge in [-0.15, -0.1) is 11.3 Å². The highest BCUT2D eigenvalue weighted by Crippen LogP contribution is 2.26. The zero-order valence-electron chi connectivity index (χ0n) is 14.4. The van der Waals surface area contributed by atoms with E-state index in [1.54, 1.807) is 41.8 Å². The van der Waals surface area contributed by atoms with Crippen molar-refractivity contribution in [3.05, 3.63) is 47.3 Å². The van der Waals surface area contributed by atoms with Crippen LogP contribution in [-0.2, 0) is 10.0 Å². The molecule has 7 heteroatoms. The van der Waals surface area contributed by atoms with Crippen molar-refractivity contribution in [2.75, 3.05) is 24.4 Å². The molecule has 5 nitrogen and oxygen atoms in total. The van der Waals surface area contributed by atoms with E-state index in [2.05, 4.69) is 6.92 Å². The summed E-state index contributed by atoms with van der Waals surface area (Å²) in [6.07, 6.45) is 2.20. The number of hydrogen-bond donors (Lipinski definition) is 0.